The predicted molar refractivity (Wildman–Crippen MR) is 74.0 cm³/mol. The topological polar surface area (TPSA) is 95.9 Å². The average molecular weight is 269 g/mol. The van der Waals surface area contributed by atoms with Crippen molar-refractivity contribution in [3.63, 3.8) is 0 Å². The molecule has 20 heavy (non-hydrogen) atoms. The second-order valence-electron chi connectivity index (χ2n) is 4.38. The summed E-state index contributed by atoms with van der Waals surface area (Å²) in [5.74, 6) is -1.68. The van der Waals surface area contributed by atoms with Gasteiger partial charge in [-0.25, -0.2) is 14.8 Å². The number of hydrogen-bond donors (Lipinski definition) is 2. The molecule has 0 unspecified atom stereocenters. The van der Waals surface area contributed by atoms with E-state index in [1.54, 1.807) is 0 Å². The standard InChI is InChI=1S/C14H11N3O3/c1-2-7-8-5-3-4-6-9(8)15-11-10(7)13(18)17-12(16-11)14(19)20/h3-6H,2H2,1H3,(H,19,20)(H,15,16,17,18). The summed E-state index contributed by atoms with van der Waals surface area (Å²) < 4.78 is 0. The van der Waals surface area contributed by atoms with Crippen LogP contribution in [0.25, 0.3) is 21.9 Å². The van der Waals surface area contributed by atoms with Crippen LogP contribution in [-0.2, 0) is 6.42 Å². The zero-order valence-corrected chi connectivity index (χ0v) is 10.7. The van der Waals surface area contributed by atoms with Gasteiger partial charge in [-0.3, -0.25) is 4.79 Å². The summed E-state index contributed by atoms with van der Waals surface area (Å²) in [7, 11) is 0. The van der Waals surface area contributed by atoms with E-state index in [1.165, 1.54) is 0 Å². The van der Waals surface area contributed by atoms with Gasteiger partial charge in [0.2, 0.25) is 5.82 Å². The minimum absolute atomic E-state index is 0.168. The number of carboxylic acid groups (broad SMARTS) is 1. The van der Waals surface area contributed by atoms with E-state index in [1.807, 2.05) is 31.2 Å². The first kappa shape index (κ1) is 12.3. The Kier molecular flexibility index (Phi) is 2.71. The quantitative estimate of drug-likeness (QED) is 0.691. The third-order valence-corrected chi connectivity index (χ3v) is 3.21. The van der Waals surface area contributed by atoms with Gasteiger partial charge >= 0.3 is 5.97 Å². The Hall–Kier alpha value is -2.76. The van der Waals surface area contributed by atoms with Crippen LogP contribution in [0.5, 0.6) is 0 Å². The number of benzene rings is 1. The van der Waals surface area contributed by atoms with Crippen molar-refractivity contribution in [3.8, 4) is 0 Å². The van der Waals surface area contributed by atoms with Gasteiger partial charge in [0.05, 0.1) is 10.9 Å². The molecule has 6 nitrogen and oxygen atoms in total. The lowest BCUT2D eigenvalue weighted by atomic mass is 10.0. The molecule has 0 radical (unpaired) electrons. The fourth-order valence-electron chi connectivity index (χ4n) is 2.36. The van der Waals surface area contributed by atoms with E-state index in [2.05, 4.69) is 15.0 Å². The highest BCUT2D eigenvalue weighted by atomic mass is 16.4. The number of rotatable bonds is 2. The summed E-state index contributed by atoms with van der Waals surface area (Å²) in [6.45, 7) is 1.94. The maximum Gasteiger partial charge on any atom is 0.372 e. The van der Waals surface area contributed by atoms with Crippen molar-refractivity contribution >= 4 is 27.9 Å². The highest BCUT2D eigenvalue weighted by Gasteiger charge is 2.15. The summed E-state index contributed by atoms with van der Waals surface area (Å²) in [5, 5.41) is 10.2. The molecule has 0 fully saturated rings. The molecule has 0 bridgehead atoms. The first-order chi connectivity index (χ1) is 9.61. The summed E-state index contributed by atoms with van der Waals surface area (Å²) in [6, 6.07) is 7.43. The van der Waals surface area contributed by atoms with Gasteiger partial charge in [-0.15, -0.1) is 0 Å². The lowest BCUT2D eigenvalue weighted by Crippen LogP contribution is -2.17. The molecule has 1 aromatic carbocycles. The molecular formula is C14H11N3O3. The van der Waals surface area contributed by atoms with Gasteiger partial charge in [-0.1, -0.05) is 25.1 Å². The van der Waals surface area contributed by atoms with Gasteiger partial charge in [-0.05, 0) is 18.1 Å². The first-order valence-electron chi connectivity index (χ1n) is 6.16. The van der Waals surface area contributed by atoms with Crippen molar-refractivity contribution in [2.75, 3.05) is 0 Å². The molecule has 6 heteroatoms. The van der Waals surface area contributed by atoms with Crippen LogP contribution in [0.4, 0.5) is 0 Å². The summed E-state index contributed by atoms with van der Waals surface area (Å²) in [4.78, 5) is 33.6. The van der Waals surface area contributed by atoms with Gasteiger partial charge in [0.1, 0.15) is 0 Å². The number of carbonyl (C=O) groups is 1. The van der Waals surface area contributed by atoms with E-state index in [0.29, 0.717) is 17.3 Å². The Bertz CT molecular complexity index is 899. The molecule has 2 heterocycles. The summed E-state index contributed by atoms with van der Waals surface area (Å²) >= 11 is 0. The molecule has 2 aromatic heterocycles. The lowest BCUT2D eigenvalue weighted by molar-refractivity contribution is 0.0683. The Morgan fingerprint density at radius 1 is 1.30 bits per heavy atom. The molecule has 0 amide bonds. The summed E-state index contributed by atoms with van der Waals surface area (Å²) in [5.41, 5.74) is 1.23. The molecule has 2 N–H and O–H groups in total. The molecule has 0 saturated heterocycles. The number of aromatic nitrogens is 3. The zero-order valence-electron chi connectivity index (χ0n) is 10.7. The second kappa shape index (κ2) is 4.41. The predicted octanol–water partition coefficient (Wildman–Crippen LogP) is 1.73. The molecular weight excluding hydrogens is 258 g/mol. The molecule has 0 saturated carbocycles. The van der Waals surface area contributed by atoms with Crippen LogP contribution in [0.3, 0.4) is 0 Å². The SMILES string of the molecule is CCc1c2ccccc2nc2nc(C(=O)O)[nH]c(=O)c12. The number of H-pyrrole nitrogens is 1. The second-order valence-corrected chi connectivity index (χ2v) is 4.38. The largest absolute Gasteiger partial charge is 0.475 e. The van der Waals surface area contributed by atoms with E-state index < -0.39 is 17.4 Å². The van der Waals surface area contributed by atoms with Crippen LogP contribution >= 0.6 is 0 Å². The molecule has 0 aliphatic carbocycles. The smallest absolute Gasteiger partial charge is 0.372 e. The zero-order chi connectivity index (χ0) is 14.3. The van der Waals surface area contributed by atoms with Crippen LogP contribution < -0.4 is 5.56 Å². The maximum atomic E-state index is 12.1. The number of fused-ring (bicyclic) bond motifs is 2. The number of hydrogen-bond acceptors (Lipinski definition) is 4. The number of nitrogens with one attached hydrogen (secondary N) is 1. The van der Waals surface area contributed by atoms with Crippen molar-refractivity contribution in [2.24, 2.45) is 0 Å². The lowest BCUT2D eigenvalue weighted by Gasteiger charge is -2.08. The van der Waals surface area contributed by atoms with Crippen LogP contribution in [0.15, 0.2) is 29.1 Å². The van der Waals surface area contributed by atoms with Gasteiger partial charge in [0.25, 0.3) is 5.56 Å². The number of pyridine rings is 1. The third kappa shape index (κ3) is 1.73. The van der Waals surface area contributed by atoms with Crippen LogP contribution in [0.2, 0.25) is 0 Å². The number of aromatic carboxylic acids is 1. The van der Waals surface area contributed by atoms with Gasteiger partial charge in [0, 0.05) is 5.39 Å². The van der Waals surface area contributed by atoms with E-state index in [4.69, 9.17) is 5.11 Å². The minimum Gasteiger partial charge on any atom is -0.475 e. The number of nitrogens with zero attached hydrogens (tertiary/aromatic N) is 2. The van der Waals surface area contributed by atoms with Crippen molar-refractivity contribution in [1.29, 1.82) is 0 Å². The van der Waals surface area contributed by atoms with Crippen LogP contribution in [0.1, 0.15) is 23.1 Å². The Labute approximate surface area is 113 Å². The van der Waals surface area contributed by atoms with E-state index in [-0.39, 0.29) is 5.65 Å². The van der Waals surface area contributed by atoms with Gasteiger partial charge in [-0.2, -0.15) is 0 Å². The van der Waals surface area contributed by atoms with E-state index in [0.717, 1.165) is 10.9 Å². The van der Waals surface area contributed by atoms with Crippen molar-refractivity contribution in [1.82, 2.24) is 15.0 Å². The van der Waals surface area contributed by atoms with Crippen LogP contribution in [-0.4, -0.2) is 26.0 Å². The van der Waals surface area contributed by atoms with Crippen LogP contribution in [0, 0.1) is 0 Å². The molecule has 0 aliphatic rings. The molecule has 0 spiro atoms. The molecule has 0 aliphatic heterocycles. The number of aryl methyl sites for hydroxylation is 1. The van der Waals surface area contributed by atoms with Crippen molar-refractivity contribution in [2.45, 2.75) is 13.3 Å². The highest BCUT2D eigenvalue weighted by molar-refractivity contribution is 5.96. The summed E-state index contributed by atoms with van der Waals surface area (Å²) in [6.07, 6.45) is 0.636. The average Bonchev–Trinajstić information content (AvgIpc) is 2.44. The van der Waals surface area contributed by atoms with Crippen molar-refractivity contribution in [3.05, 3.63) is 46.0 Å². The molecule has 0 atom stereocenters. The monoisotopic (exact) mass is 269 g/mol. The van der Waals surface area contributed by atoms with Crippen molar-refractivity contribution < 1.29 is 9.90 Å². The number of para-hydroxylation sites is 1. The van der Waals surface area contributed by atoms with Gasteiger partial charge < -0.3 is 10.1 Å². The number of carboxylic acids is 1. The third-order valence-electron chi connectivity index (χ3n) is 3.21. The minimum atomic E-state index is -1.28. The maximum absolute atomic E-state index is 12.1. The first-order valence-corrected chi connectivity index (χ1v) is 6.16. The normalized spacial score (nSPS) is 11.1. The Balaban J connectivity index is 2.55. The highest BCUT2D eigenvalue weighted by Crippen LogP contribution is 2.23. The van der Waals surface area contributed by atoms with E-state index >= 15 is 0 Å². The van der Waals surface area contributed by atoms with Gasteiger partial charge in [0.15, 0.2) is 5.65 Å². The number of aromatic amines is 1. The molecule has 3 aromatic rings. The van der Waals surface area contributed by atoms with E-state index in [9.17, 15) is 9.59 Å². The Morgan fingerprint density at radius 3 is 2.75 bits per heavy atom. The molecule has 3 rings (SSSR count). The molecule has 100 valence electrons. The Morgan fingerprint density at radius 2 is 2.05 bits per heavy atom. The fourth-order valence-corrected chi connectivity index (χ4v) is 2.36. The fraction of sp³-hybridized carbons (Fsp3) is 0.143.